The Morgan fingerprint density at radius 3 is 2.48 bits per heavy atom. The minimum atomic E-state index is 0.308. The summed E-state index contributed by atoms with van der Waals surface area (Å²) in [4.78, 5) is 13.7. The van der Waals surface area contributed by atoms with Gasteiger partial charge in [0.15, 0.2) is 0 Å². The molecule has 2 fully saturated rings. The van der Waals surface area contributed by atoms with Gasteiger partial charge in [0.05, 0.1) is 5.69 Å². The second-order valence-corrected chi connectivity index (χ2v) is 7.54. The SMILES string of the molecule is Nc1nc(C2CC(N)C2)cc(N2CCN(CC=Cc3ccccc3)CC2)n1. The van der Waals surface area contributed by atoms with Gasteiger partial charge in [0, 0.05) is 50.7 Å². The predicted molar refractivity (Wildman–Crippen MR) is 111 cm³/mol. The second-order valence-electron chi connectivity index (χ2n) is 7.54. The Kier molecular flexibility index (Phi) is 5.36. The zero-order valence-electron chi connectivity index (χ0n) is 15.7. The Hall–Kier alpha value is -2.44. The van der Waals surface area contributed by atoms with E-state index < -0.39 is 0 Å². The van der Waals surface area contributed by atoms with Gasteiger partial charge in [-0.1, -0.05) is 42.5 Å². The Balaban J connectivity index is 1.32. The van der Waals surface area contributed by atoms with Gasteiger partial charge in [0.25, 0.3) is 0 Å². The Bertz CT molecular complexity index is 777. The van der Waals surface area contributed by atoms with Crippen LogP contribution in [-0.2, 0) is 0 Å². The van der Waals surface area contributed by atoms with E-state index in [1.807, 2.05) is 6.07 Å². The van der Waals surface area contributed by atoms with Crippen LogP contribution in [0.3, 0.4) is 0 Å². The summed E-state index contributed by atoms with van der Waals surface area (Å²) in [6.45, 7) is 4.93. The van der Waals surface area contributed by atoms with E-state index in [0.717, 1.165) is 57.1 Å². The number of nitrogen functional groups attached to an aromatic ring is 1. The summed E-state index contributed by atoms with van der Waals surface area (Å²) < 4.78 is 0. The molecule has 2 heterocycles. The van der Waals surface area contributed by atoms with E-state index in [1.54, 1.807) is 0 Å². The molecule has 2 aliphatic rings. The van der Waals surface area contributed by atoms with E-state index in [2.05, 4.69) is 62.3 Å². The molecular weight excluding hydrogens is 336 g/mol. The molecule has 1 saturated heterocycles. The fourth-order valence-corrected chi connectivity index (χ4v) is 3.81. The van der Waals surface area contributed by atoms with Gasteiger partial charge < -0.3 is 16.4 Å². The van der Waals surface area contributed by atoms with E-state index in [4.69, 9.17) is 11.5 Å². The molecule has 4 N–H and O–H groups in total. The third kappa shape index (κ3) is 4.46. The van der Waals surface area contributed by atoms with Gasteiger partial charge in [-0.2, -0.15) is 4.98 Å². The first-order valence-electron chi connectivity index (χ1n) is 9.76. The fourth-order valence-electron chi connectivity index (χ4n) is 3.81. The van der Waals surface area contributed by atoms with Gasteiger partial charge >= 0.3 is 0 Å². The third-order valence-electron chi connectivity index (χ3n) is 5.51. The van der Waals surface area contributed by atoms with Crippen molar-refractivity contribution >= 4 is 17.8 Å². The molecule has 0 spiro atoms. The van der Waals surface area contributed by atoms with Crippen LogP contribution in [0.25, 0.3) is 6.08 Å². The minimum Gasteiger partial charge on any atom is -0.368 e. The van der Waals surface area contributed by atoms with E-state index >= 15 is 0 Å². The second kappa shape index (κ2) is 8.06. The van der Waals surface area contributed by atoms with Crippen molar-refractivity contribution in [3.63, 3.8) is 0 Å². The van der Waals surface area contributed by atoms with Crippen molar-refractivity contribution < 1.29 is 0 Å². The van der Waals surface area contributed by atoms with Crippen LogP contribution in [0.5, 0.6) is 0 Å². The summed E-state index contributed by atoms with van der Waals surface area (Å²) in [7, 11) is 0. The Morgan fingerprint density at radius 1 is 1.04 bits per heavy atom. The number of hydrogen-bond donors (Lipinski definition) is 2. The quantitative estimate of drug-likeness (QED) is 0.845. The summed E-state index contributed by atoms with van der Waals surface area (Å²) in [6, 6.07) is 12.8. The van der Waals surface area contributed by atoms with Crippen LogP contribution in [0.2, 0.25) is 0 Å². The third-order valence-corrected chi connectivity index (χ3v) is 5.51. The molecule has 0 unspecified atom stereocenters. The molecule has 2 aromatic rings. The number of benzene rings is 1. The predicted octanol–water partition coefficient (Wildman–Crippen LogP) is 2.10. The first kappa shape index (κ1) is 17.9. The lowest BCUT2D eigenvalue weighted by Gasteiger charge is -2.36. The summed E-state index contributed by atoms with van der Waals surface area (Å²) >= 11 is 0. The molecule has 1 aliphatic heterocycles. The molecule has 4 rings (SSSR count). The molecule has 0 bridgehead atoms. The first-order chi connectivity index (χ1) is 13.2. The summed E-state index contributed by atoms with van der Waals surface area (Å²) in [5, 5.41) is 0. The number of nitrogens with zero attached hydrogens (tertiary/aromatic N) is 4. The molecule has 6 nitrogen and oxygen atoms in total. The molecule has 1 aromatic heterocycles. The molecule has 1 aliphatic carbocycles. The number of hydrogen-bond acceptors (Lipinski definition) is 6. The topological polar surface area (TPSA) is 84.3 Å². The highest BCUT2D eigenvalue weighted by molar-refractivity contribution is 5.49. The number of anilines is 2. The maximum Gasteiger partial charge on any atom is 0.222 e. The van der Waals surface area contributed by atoms with E-state index in [9.17, 15) is 0 Å². The van der Waals surface area contributed by atoms with Gasteiger partial charge in [-0.3, -0.25) is 4.90 Å². The first-order valence-corrected chi connectivity index (χ1v) is 9.76. The van der Waals surface area contributed by atoms with Gasteiger partial charge in [0.2, 0.25) is 5.95 Å². The highest BCUT2D eigenvalue weighted by Gasteiger charge is 2.29. The molecule has 1 saturated carbocycles. The fraction of sp³-hybridized carbons (Fsp3) is 0.429. The molecule has 0 amide bonds. The molecule has 1 aromatic carbocycles. The van der Waals surface area contributed by atoms with Gasteiger partial charge in [-0.15, -0.1) is 0 Å². The highest BCUT2D eigenvalue weighted by atomic mass is 15.3. The highest BCUT2D eigenvalue weighted by Crippen LogP contribution is 2.35. The van der Waals surface area contributed by atoms with Crippen LogP contribution in [0, 0.1) is 0 Å². The summed E-state index contributed by atoms with van der Waals surface area (Å²) in [6.07, 6.45) is 6.42. The number of nitrogens with two attached hydrogens (primary N) is 2. The van der Waals surface area contributed by atoms with Crippen LogP contribution in [0.15, 0.2) is 42.5 Å². The lowest BCUT2D eigenvalue weighted by atomic mass is 9.78. The standard InChI is InChI=1S/C21H28N6/c22-18-13-17(14-18)19-15-20(25-21(23)24-19)27-11-9-26(10-12-27)8-4-7-16-5-2-1-3-6-16/h1-7,15,17-18H,8-14,22H2,(H2,23,24,25). The minimum absolute atomic E-state index is 0.308. The van der Waals surface area contributed by atoms with Crippen molar-refractivity contribution in [3.05, 3.63) is 53.7 Å². The summed E-state index contributed by atoms with van der Waals surface area (Å²) in [5.41, 5.74) is 14.2. The van der Waals surface area contributed by atoms with Gasteiger partial charge in [0.1, 0.15) is 5.82 Å². The van der Waals surface area contributed by atoms with Crippen LogP contribution in [-0.4, -0.2) is 53.6 Å². The molecular formula is C21H28N6. The molecule has 6 heteroatoms. The smallest absolute Gasteiger partial charge is 0.222 e. The van der Waals surface area contributed by atoms with Crippen molar-refractivity contribution in [2.45, 2.75) is 24.8 Å². The monoisotopic (exact) mass is 364 g/mol. The zero-order valence-corrected chi connectivity index (χ0v) is 15.7. The Labute approximate surface area is 160 Å². The van der Waals surface area contributed by atoms with Crippen molar-refractivity contribution in [1.29, 1.82) is 0 Å². The zero-order chi connectivity index (χ0) is 18.6. The van der Waals surface area contributed by atoms with Crippen molar-refractivity contribution in [1.82, 2.24) is 14.9 Å². The summed E-state index contributed by atoms with van der Waals surface area (Å²) in [5.74, 6) is 1.77. The average Bonchev–Trinajstić information content (AvgIpc) is 2.66. The van der Waals surface area contributed by atoms with Gasteiger partial charge in [-0.05, 0) is 18.4 Å². The van der Waals surface area contributed by atoms with Crippen LogP contribution in [0.4, 0.5) is 11.8 Å². The Morgan fingerprint density at radius 2 is 1.78 bits per heavy atom. The van der Waals surface area contributed by atoms with Crippen molar-refractivity contribution in [2.75, 3.05) is 43.4 Å². The maximum atomic E-state index is 5.97. The van der Waals surface area contributed by atoms with Crippen molar-refractivity contribution in [2.24, 2.45) is 5.73 Å². The van der Waals surface area contributed by atoms with E-state index in [1.165, 1.54) is 5.56 Å². The lowest BCUT2D eigenvalue weighted by molar-refractivity contribution is 0.283. The number of rotatable bonds is 5. The number of piperazine rings is 1. The van der Waals surface area contributed by atoms with E-state index in [-0.39, 0.29) is 0 Å². The van der Waals surface area contributed by atoms with Crippen LogP contribution < -0.4 is 16.4 Å². The van der Waals surface area contributed by atoms with Crippen LogP contribution in [0.1, 0.15) is 30.0 Å². The maximum absolute atomic E-state index is 5.97. The largest absolute Gasteiger partial charge is 0.368 e. The average molecular weight is 364 g/mol. The van der Waals surface area contributed by atoms with Gasteiger partial charge in [-0.25, -0.2) is 4.98 Å². The normalized spacial score (nSPS) is 23.5. The number of aromatic nitrogens is 2. The van der Waals surface area contributed by atoms with E-state index in [0.29, 0.717) is 17.9 Å². The molecule has 0 radical (unpaired) electrons. The molecule has 0 atom stereocenters. The lowest BCUT2D eigenvalue weighted by Crippen LogP contribution is -2.46. The molecule has 142 valence electrons. The van der Waals surface area contributed by atoms with Crippen LogP contribution >= 0.6 is 0 Å². The van der Waals surface area contributed by atoms with Crippen molar-refractivity contribution in [3.8, 4) is 0 Å². The molecule has 27 heavy (non-hydrogen) atoms.